The van der Waals surface area contributed by atoms with Gasteiger partial charge in [-0.2, -0.15) is 0 Å². The number of fused-ring (bicyclic) bond motifs is 3. The molecule has 0 spiro atoms. The molecule has 3 rings (SSSR count). The molecule has 0 fully saturated rings. The number of hydrogen-bond acceptors (Lipinski definition) is 3. The average Bonchev–Trinajstić information content (AvgIpc) is 2.93. The topological polar surface area (TPSA) is 48.3 Å². The number of esters is 1. The molecule has 1 aromatic heterocycles. The summed E-state index contributed by atoms with van der Waals surface area (Å²) in [6.07, 6.45) is 1.21. The van der Waals surface area contributed by atoms with E-state index < -0.39 is 23.0 Å². The van der Waals surface area contributed by atoms with Gasteiger partial charge in [0.15, 0.2) is 11.6 Å². The van der Waals surface area contributed by atoms with Crippen LogP contribution >= 0.6 is 15.9 Å². The number of rotatable bonds is 3. The maximum atomic E-state index is 13.7. The van der Waals surface area contributed by atoms with Gasteiger partial charge in [0.1, 0.15) is 5.56 Å². The first-order valence-electron chi connectivity index (χ1n) is 7.28. The van der Waals surface area contributed by atoms with Crippen LogP contribution in [0.5, 0.6) is 0 Å². The first-order valence-corrected chi connectivity index (χ1v) is 8.41. The summed E-state index contributed by atoms with van der Waals surface area (Å²) in [6, 6.07) is 1.84. The number of aromatic nitrogens is 1. The summed E-state index contributed by atoms with van der Waals surface area (Å²) in [6.45, 7) is 1.78. The van der Waals surface area contributed by atoms with Crippen molar-refractivity contribution in [2.45, 2.75) is 25.8 Å². The highest BCUT2D eigenvalue weighted by atomic mass is 79.9. The number of carbonyl (C=O) groups is 1. The molecule has 2 aromatic rings. The Morgan fingerprint density at radius 1 is 1.39 bits per heavy atom. The highest BCUT2D eigenvalue weighted by Gasteiger charge is 2.31. The molecule has 1 aliphatic rings. The molecule has 23 heavy (non-hydrogen) atoms. The Morgan fingerprint density at radius 2 is 2.09 bits per heavy atom. The summed E-state index contributed by atoms with van der Waals surface area (Å²) in [5, 5.41) is 0.572. The minimum Gasteiger partial charge on any atom is -0.462 e. The van der Waals surface area contributed by atoms with Crippen molar-refractivity contribution in [2.24, 2.45) is 0 Å². The van der Waals surface area contributed by atoms with Crippen LogP contribution in [0.4, 0.5) is 8.78 Å². The van der Waals surface area contributed by atoms with E-state index in [9.17, 15) is 18.4 Å². The molecule has 0 saturated carbocycles. The fourth-order valence-corrected chi connectivity index (χ4v) is 3.72. The van der Waals surface area contributed by atoms with Crippen molar-refractivity contribution in [1.82, 2.24) is 4.57 Å². The van der Waals surface area contributed by atoms with E-state index in [1.165, 1.54) is 0 Å². The third-order valence-electron chi connectivity index (χ3n) is 4.09. The summed E-state index contributed by atoms with van der Waals surface area (Å²) in [4.78, 5) is 24.8. The molecule has 0 amide bonds. The molecule has 122 valence electrons. The standard InChI is InChI=1S/C16H14BrF2NO3/c1-2-23-16(22)14-12-4-3-8(7-17)20(12)13-6-11(19)10(18)5-9(13)15(14)21/h5-6,8H,2-4,7H2,1H3. The minimum atomic E-state index is -1.11. The molecule has 0 N–H and O–H groups in total. The van der Waals surface area contributed by atoms with Crippen LogP contribution in [-0.2, 0) is 11.2 Å². The van der Waals surface area contributed by atoms with Gasteiger partial charge in [0.25, 0.3) is 0 Å². The monoisotopic (exact) mass is 385 g/mol. The van der Waals surface area contributed by atoms with Crippen LogP contribution in [0.25, 0.3) is 10.9 Å². The van der Waals surface area contributed by atoms with E-state index in [0.717, 1.165) is 12.1 Å². The number of ether oxygens (including phenoxy) is 1. The predicted octanol–water partition coefficient (Wildman–Crippen LogP) is 3.34. The Balaban J connectivity index is 2.42. The number of pyridine rings is 1. The maximum absolute atomic E-state index is 13.7. The molecule has 4 nitrogen and oxygen atoms in total. The average molecular weight is 386 g/mol. The van der Waals surface area contributed by atoms with Crippen LogP contribution in [0.3, 0.4) is 0 Å². The van der Waals surface area contributed by atoms with Crippen molar-refractivity contribution in [3.05, 3.63) is 45.2 Å². The Hall–Kier alpha value is -1.76. The molecular weight excluding hydrogens is 372 g/mol. The van der Waals surface area contributed by atoms with Crippen molar-refractivity contribution in [2.75, 3.05) is 11.9 Å². The SMILES string of the molecule is CCOC(=O)c1c2n(c3cc(F)c(F)cc3c1=O)C(CBr)CC2. The van der Waals surface area contributed by atoms with Gasteiger partial charge in [-0.15, -0.1) is 0 Å². The van der Waals surface area contributed by atoms with Crippen molar-refractivity contribution < 1.29 is 18.3 Å². The highest BCUT2D eigenvalue weighted by molar-refractivity contribution is 9.09. The fraction of sp³-hybridized carbons (Fsp3) is 0.375. The van der Waals surface area contributed by atoms with Gasteiger partial charge in [-0.3, -0.25) is 4.79 Å². The van der Waals surface area contributed by atoms with Gasteiger partial charge in [0, 0.05) is 28.5 Å². The van der Waals surface area contributed by atoms with E-state index in [1.54, 1.807) is 11.5 Å². The maximum Gasteiger partial charge on any atom is 0.343 e. The van der Waals surface area contributed by atoms with Gasteiger partial charge in [0.2, 0.25) is 5.43 Å². The zero-order valence-electron chi connectivity index (χ0n) is 12.4. The number of carbonyl (C=O) groups excluding carboxylic acids is 1. The van der Waals surface area contributed by atoms with E-state index in [0.29, 0.717) is 29.4 Å². The Morgan fingerprint density at radius 3 is 2.74 bits per heavy atom. The molecule has 0 bridgehead atoms. The second-order valence-corrected chi connectivity index (χ2v) is 6.02. The summed E-state index contributed by atoms with van der Waals surface area (Å²) >= 11 is 3.39. The third kappa shape index (κ3) is 2.47. The van der Waals surface area contributed by atoms with E-state index in [4.69, 9.17) is 4.74 Å². The quantitative estimate of drug-likeness (QED) is 0.601. The predicted molar refractivity (Wildman–Crippen MR) is 85.2 cm³/mol. The van der Waals surface area contributed by atoms with Gasteiger partial charge in [-0.1, -0.05) is 15.9 Å². The van der Waals surface area contributed by atoms with E-state index >= 15 is 0 Å². The van der Waals surface area contributed by atoms with Crippen LogP contribution in [0, 0.1) is 11.6 Å². The molecule has 0 radical (unpaired) electrons. The van der Waals surface area contributed by atoms with Crippen LogP contribution in [-0.4, -0.2) is 22.5 Å². The zero-order chi connectivity index (χ0) is 16.7. The number of halogens is 3. The lowest BCUT2D eigenvalue weighted by molar-refractivity contribution is 0.0523. The molecule has 1 atom stereocenters. The summed E-state index contributed by atoms with van der Waals surface area (Å²) < 4.78 is 34.0. The number of benzene rings is 1. The minimum absolute atomic E-state index is 0.0106. The van der Waals surface area contributed by atoms with Crippen molar-refractivity contribution in [3.63, 3.8) is 0 Å². The van der Waals surface area contributed by atoms with Gasteiger partial charge in [-0.25, -0.2) is 13.6 Å². The van der Waals surface area contributed by atoms with Crippen molar-refractivity contribution in [3.8, 4) is 0 Å². The summed E-state index contributed by atoms with van der Waals surface area (Å²) in [7, 11) is 0. The van der Waals surface area contributed by atoms with Crippen LogP contribution in [0.15, 0.2) is 16.9 Å². The van der Waals surface area contributed by atoms with E-state index in [-0.39, 0.29) is 23.6 Å². The Labute approximate surface area is 139 Å². The molecule has 1 unspecified atom stereocenters. The molecule has 7 heteroatoms. The normalized spacial score (nSPS) is 16.6. The number of hydrogen-bond donors (Lipinski definition) is 0. The first kappa shape index (κ1) is 16.1. The lowest BCUT2D eigenvalue weighted by Crippen LogP contribution is -2.24. The molecule has 2 heterocycles. The van der Waals surface area contributed by atoms with Crippen molar-refractivity contribution >= 4 is 32.8 Å². The van der Waals surface area contributed by atoms with Crippen LogP contribution in [0.2, 0.25) is 0 Å². The number of nitrogens with zero attached hydrogens (tertiary/aromatic N) is 1. The van der Waals surface area contributed by atoms with Gasteiger partial charge >= 0.3 is 5.97 Å². The fourth-order valence-electron chi connectivity index (χ4n) is 3.10. The van der Waals surface area contributed by atoms with Crippen LogP contribution < -0.4 is 5.43 Å². The van der Waals surface area contributed by atoms with Gasteiger partial charge in [0.05, 0.1) is 12.1 Å². The second-order valence-electron chi connectivity index (χ2n) is 5.37. The Kier molecular flexibility index (Phi) is 4.23. The van der Waals surface area contributed by atoms with Crippen molar-refractivity contribution in [1.29, 1.82) is 0 Å². The van der Waals surface area contributed by atoms with Gasteiger partial charge < -0.3 is 9.30 Å². The van der Waals surface area contributed by atoms with Gasteiger partial charge in [-0.05, 0) is 25.8 Å². The molecular formula is C16H14BrF2NO3. The lowest BCUT2D eigenvalue weighted by Gasteiger charge is -2.18. The largest absolute Gasteiger partial charge is 0.462 e. The lowest BCUT2D eigenvalue weighted by atomic mass is 10.1. The number of alkyl halides is 1. The van der Waals surface area contributed by atoms with Crippen LogP contribution in [0.1, 0.15) is 35.4 Å². The van der Waals surface area contributed by atoms with E-state index in [1.807, 2.05) is 0 Å². The summed E-state index contributed by atoms with van der Waals surface area (Å²) in [5.74, 6) is -2.85. The molecule has 0 aliphatic carbocycles. The highest BCUT2D eigenvalue weighted by Crippen LogP contribution is 2.33. The second kappa shape index (κ2) is 6.03. The third-order valence-corrected chi connectivity index (χ3v) is 4.83. The molecule has 1 aliphatic heterocycles. The smallest absolute Gasteiger partial charge is 0.343 e. The Bertz CT molecular complexity index is 863. The summed E-state index contributed by atoms with van der Waals surface area (Å²) in [5.41, 5.74) is 0.142. The molecule has 0 saturated heterocycles. The first-order chi connectivity index (χ1) is 11.0. The molecule has 1 aromatic carbocycles. The van der Waals surface area contributed by atoms with E-state index in [2.05, 4.69) is 15.9 Å². The zero-order valence-corrected chi connectivity index (χ0v) is 14.0.